The third kappa shape index (κ3) is 1.97. The summed E-state index contributed by atoms with van der Waals surface area (Å²) in [6.07, 6.45) is 0. The van der Waals surface area contributed by atoms with Crippen molar-refractivity contribution in [2.45, 2.75) is 5.12 Å². The molecule has 0 saturated carbocycles. The van der Waals surface area contributed by atoms with Crippen molar-refractivity contribution in [1.29, 1.82) is 0 Å². The number of hydrogen-bond donors (Lipinski definition) is 0. The molecule has 0 fully saturated rings. The van der Waals surface area contributed by atoms with E-state index in [2.05, 4.69) is 9.24 Å². The molecule has 0 N–H and O–H groups in total. The van der Waals surface area contributed by atoms with Gasteiger partial charge in [-0.1, -0.05) is 30.3 Å². The van der Waals surface area contributed by atoms with E-state index < -0.39 is 0 Å². The molecule has 0 aliphatic carbocycles. The molecule has 1 unspecified atom stereocenters. The van der Waals surface area contributed by atoms with Gasteiger partial charge in [0.25, 0.3) is 0 Å². The second kappa shape index (κ2) is 3.20. The van der Waals surface area contributed by atoms with Crippen molar-refractivity contribution in [3.05, 3.63) is 35.9 Å². The van der Waals surface area contributed by atoms with Gasteiger partial charge in [0.15, 0.2) is 0 Å². The van der Waals surface area contributed by atoms with Gasteiger partial charge in [-0.2, -0.15) is 0 Å². The zero-order valence-corrected chi connectivity index (χ0v) is 6.83. The molecule has 0 nitrogen and oxygen atoms in total. The van der Waals surface area contributed by atoms with Crippen LogP contribution in [0.2, 0.25) is 0 Å². The minimum Gasteiger partial charge on any atom is -0.114 e. The molecule has 2 heteroatoms. The third-order valence-electron chi connectivity index (χ3n) is 1.12. The Morgan fingerprint density at radius 3 is 2.11 bits per heavy atom. The first-order valence-corrected chi connectivity index (χ1v) is 3.85. The van der Waals surface area contributed by atoms with E-state index in [0.717, 1.165) is 5.56 Å². The van der Waals surface area contributed by atoms with Gasteiger partial charge in [0.1, 0.15) is 0 Å². The van der Waals surface area contributed by atoms with Crippen LogP contribution in [-0.4, -0.2) is 0 Å². The molecule has 1 aromatic carbocycles. The van der Waals surface area contributed by atoms with E-state index in [0.29, 0.717) is 0 Å². The SMILES string of the molecule is P[C@@H](Cl)c1ccccc1. The first-order chi connectivity index (χ1) is 4.30. The first kappa shape index (κ1) is 7.05. The second-order valence-corrected chi connectivity index (χ2v) is 3.37. The summed E-state index contributed by atoms with van der Waals surface area (Å²) >= 11 is 5.77. The highest BCUT2D eigenvalue weighted by atomic mass is 35.5. The molecule has 0 saturated heterocycles. The normalized spacial score (nSPS) is 13.1. The highest BCUT2D eigenvalue weighted by molar-refractivity contribution is 7.20. The predicted molar refractivity (Wildman–Crippen MR) is 44.7 cm³/mol. The quantitative estimate of drug-likeness (QED) is 0.436. The molecule has 2 atom stereocenters. The molecule has 9 heavy (non-hydrogen) atoms. The summed E-state index contributed by atoms with van der Waals surface area (Å²) < 4.78 is 0. The van der Waals surface area contributed by atoms with Crippen molar-refractivity contribution >= 4 is 20.8 Å². The summed E-state index contributed by atoms with van der Waals surface area (Å²) in [5.74, 6) is 0. The van der Waals surface area contributed by atoms with Crippen molar-refractivity contribution < 1.29 is 0 Å². The van der Waals surface area contributed by atoms with Crippen molar-refractivity contribution in [3.63, 3.8) is 0 Å². The van der Waals surface area contributed by atoms with Crippen LogP contribution in [0.15, 0.2) is 30.3 Å². The van der Waals surface area contributed by atoms with E-state index in [9.17, 15) is 0 Å². The van der Waals surface area contributed by atoms with Crippen LogP contribution in [0.5, 0.6) is 0 Å². The van der Waals surface area contributed by atoms with E-state index in [1.165, 1.54) is 0 Å². The van der Waals surface area contributed by atoms with Crippen molar-refractivity contribution in [2.24, 2.45) is 0 Å². The van der Waals surface area contributed by atoms with Crippen molar-refractivity contribution in [2.75, 3.05) is 0 Å². The zero-order chi connectivity index (χ0) is 6.69. The van der Waals surface area contributed by atoms with Gasteiger partial charge in [0.2, 0.25) is 0 Å². The topological polar surface area (TPSA) is 0 Å². The summed E-state index contributed by atoms with van der Waals surface area (Å²) in [4.78, 5) is 0. The summed E-state index contributed by atoms with van der Waals surface area (Å²) in [7, 11) is 2.54. The Morgan fingerprint density at radius 2 is 1.78 bits per heavy atom. The molecule has 0 radical (unpaired) electrons. The van der Waals surface area contributed by atoms with Crippen LogP contribution in [0.25, 0.3) is 0 Å². The maximum Gasteiger partial charge on any atom is 0.0723 e. The molecule has 0 spiro atoms. The lowest BCUT2D eigenvalue weighted by Crippen LogP contribution is -1.76. The number of benzene rings is 1. The van der Waals surface area contributed by atoms with Gasteiger partial charge in [-0.3, -0.25) is 0 Å². The van der Waals surface area contributed by atoms with Crippen LogP contribution in [0, 0.1) is 0 Å². The van der Waals surface area contributed by atoms with Crippen LogP contribution >= 0.6 is 20.8 Å². The molecule has 0 aliphatic heterocycles. The number of alkyl halides is 1. The minimum absolute atomic E-state index is 0.0474. The van der Waals surface area contributed by atoms with Gasteiger partial charge in [0, 0.05) is 0 Å². The average molecular weight is 159 g/mol. The van der Waals surface area contributed by atoms with Crippen molar-refractivity contribution in [1.82, 2.24) is 0 Å². The summed E-state index contributed by atoms with van der Waals surface area (Å²) in [6, 6.07) is 9.95. The van der Waals surface area contributed by atoms with Crippen LogP contribution in [0.1, 0.15) is 10.7 Å². The fourth-order valence-electron chi connectivity index (χ4n) is 0.637. The molecule has 0 bridgehead atoms. The summed E-state index contributed by atoms with van der Waals surface area (Å²) in [5, 5.41) is 0.0474. The molecule has 0 heterocycles. The molecule has 1 rings (SSSR count). The molecule has 1 aromatic rings. The van der Waals surface area contributed by atoms with E-state index >= 15 is 0 Å². The highest BCUT2D eigenvalue weighted by Crippen LogP contribution is 2.25. The van der Waals surface area contributed by atoms with Gasteiger partial charge in [0.05, 0.1) is 5.12 Å². The van der Waals surface area contributed by atoms with Crippen molar-refractivity contribution in [3.8, 4) is 0 Å². The summed E-state index contributed by atoms with van der Waals surface area (Å²) in [5.41, 5.74) is 1.14. The Balaban J connectivity index is 2.85. The average Bonchev–Trinajstić information content (AvgIpc) is 1.90. The van der Waals surface area contributed by atoms with E-state index in [1.54, 1.807) is 0 Å². The second-order valence-electron chi connectivity index (χ2n) is 1.81. The maximum absolute atomic E-state index is 5.77. The van der Waals surface area contributed by atoms with E-state index in [4.69, 9.17) is 11.6 Å². The largest absolute Gasteiger partial charge is 0.114 e. The van der Waals surface area contributed by atoms with E-state index in [-0.39, 0.29) is 5.12 Å². The van der Waals surface area contributed by atoms with Crippen LogP contribution in [0.4, 0.5) is 0 Å². The van der Waals surface area contributed by atoms with Crippen LogP contribution < -0.4 is 0 Å². The third-order valence-corrected chi connectivity index (χ3v) is 1.75. The Labute approximate surface area is 62.4 Å². The van der Waals surface area contributed by atoms with Crippen LogP contribution in [-0.2, 0) is 0 Å². The van der Waals surface area contributed by atoms with Gasteiger partial charge >= 0.3 is 0 Å². The monoisotopic (exact) mass is 158 g/mol. The van der Waals surface area contributed by atoms with E-state index in [1.807, 2.05) is 30.3 Å². The predicted octanol–water partition coefficient (Wildman–Crippen LogP) is 2.80. The summed E-state index contributed by atoms with van der Waals surface area (Å²) in [6.45, 7) is 0. The van der Waals surface area contributed by atoms with Gasteiger partial charge < -0.3 is 0 Å². The van der Waals surface area contributed by atoms with Gasteiger partial charge in [-0.15, -0.1) is 20.8 Å². The maximum atomic E-state index is 5.77. The molecule has 0 aromatic heterocycles. The Hall–Kier alpha value is -0.0600. The van der Waals surface area contributed by atoms with Crippen LogP contribution in [0.3, 0.4) is 0 Å². The molecule has 0 aliphatic rings. The number of hydrogen-bond acceptors (Lipinski definition) is 0. The number of halogens is 1. The Morgan fingerprint density at radius 1 is 1.22 bits per heavy atom. The molecule has 48 valence electrons. The fourth-order valence-corrected chi connectivity index (χ4v) is 1.00. The molecule has 0 amide bonds. The zero-order valence-electron chi connectivity index (χ0n) is 4.92. The Kier molecular flexibility index (Phi) is 2.50. The van der Waals surface area contributed by atoms with Gasteiger partial charge in [-0.25, -0.2) is 0 Å². The lowest BCUT2D eigenvalue weighted by atomic mass is 10.2. The number of rotatable bonds is 1. The first-order valence-electron chi connectivity index (χ1n) is 2.75. The fraction of sp³-hybridized carbons (Fsp3) is 0.143. The molecular weight excluding hydrogens is 151 g/mol. The standard InChI is InChI=1S/C7H8ClP/c8-7(9)6-4-2-1-3-5-6/h1-5,7H,9H2/t7-/m1/s1. The minimum atomic E-state index is 0.0474. The Bertz CT molecular complexity index is 172. The molecular formula is C7H8ClP. The van der Waals surface area contributed by atoms with Gasteiger partial charge in [-0.05, 0) is 5.56 Å². The lowest BCUT2D eigenvalue weighted by Gasteiger charge is -1.99. The highest BCUT2D eigenvalue weighted by Gasteiger charge is 1.96. The lowest BCUT2D eigenvalue weighted by molar-refractivity contribution is 1.37. The smallest absolute Gasteiger partial charge is 0.0723 e.